The van der Waals surface area contributed by atoms with Crippen LogP contribution in [0.5, 0.6) is 0 Å². The molecule has 1 amide bonds. The van der Waals surface area contributed by atoms with E-state index in [9.17, 15) is 4.79 Å². The zero-order valence-corrected chi connectivity index (χ0v) is 18.3. The topological polar surface area (TPSA) is 104 Å². The van der Waals surface area contributed by atoms with Crippen molar-refractivity contribution in [2.45, 2.75) is 13.1 Å². The number of nitrogens with two attached hydrogens (primary N) is 1. The molecule has 3 heterocycles. The van der Waals surface area contributed by atoms with Gasteiger partial charge in [0.2, 0.25) is 0 Å². The average Bonchev–Trinajstić information content (AvgIpc) is 3.43. The molecule has 8 nitrogen and oxygen atoms in total. The largest absolute Gasteiger partial charge is 0.382 e. The van der Waals surface area contributed by atoms with Gasteiger partial charge in [0.1, 0.15) is 23.5 Å². The van der Waals surface area contributed by atoms with E-state index in [4.69, 9.17) is 17.3 Å². The Labute approximate surface area is 194 Å². The van der Waals surface area contributed by atoms with Crippen LogP contribution in [0.2, 0.25) is 5.15 Å². The minimum atomic E-state index is -0.185. The van der Waals surface area contributed by atoms with Gasteiger partial charge in [-0.3, -0.25) is 9.36 Å². The second-order valence-electron chi connectivity index (χ2n) is 7.51. The van der Waals surface area contributed by atoms with Crippen LogP contribution < -0.4 is 11.1 Å². The predicted octanol–water partition coefficient (Wildman–Crippen LogP) is 3.83. The lowest BCUT2D eigenvalue weighted by Crippen LogP contribution is -2.25. The van der Waals surface area contributed by atoms with Crippen LogP contribution in [0.15, 0.2) is 79.4 Å². The van der Waals surface area contributed by atoms with E-state index in [0.717, 1.165) is 16.8 Å². The lowest BCUT2D eigenvalue weighted by atomic mass is 10.2. The monoisotopic (exact) mass is 457 g/mol. The number of benzene rings is 2. The van der Waals surface area contributed by atoms with Gasteiger partial charge in [-0.15, -0.1) is 0 Å². The van der Waals surface area contributed by atoms with Crippen molar-refractivity contribution < 1.29 is 4.79 Å². The van der Waals surface area contributed by atoms with Gasteiger partial charge in [0.05, 0.1) is 0 Å². The van der Waals surface area contributed by atoms with Gasteiger partial charge < -0.3 is 15.6 Å². The number of amides is 1. The lowest BCUT2D eigenvalue weighted by molar-refractivity contribution is 0.0942. The fourth-order valence-electron chi connectivity index (χ4n) is 3.66. The number of nitrogen functional groups attached to an aromatic ring is 1. The Morgan fingerprint density at radius 3 is 2.52 bits per heavy atom. The first-order chi connectivity index (χ1) is 16.1. The van der Waals surface area contributed by atoms with Crippen molar-refractivity contribution in [2.75, 3.05) is 5.73 Å². The van der Waals surface area contributed by atoms with E-state index in [-0.39, 0.29) is 5.91 Å². The Balaban J connectivity index is 1.28. The van der Waals surface area contributed by atoms with Crippen molar-refractivity contribution in [3.63, 3.8) is 0 Å². The summed E-state index contributed by atoms with van der Waals surface area (Å²) in [4.78, 5) is 25.4. The summed E-state index contributed by atoms with van der Waals surface area (Å²) in [6.07, 6.45) is 3.08. The Bertz CT molecular complexity index is 1420. The summed E-state index contributed by atoms with van der Waals surface area (Å²) in [5.41, 5.74) is 10.5. The number of hydrogen-bond acceptors (Lipinski definition) is 5. The molecule has 3 N–H and O–H groups in total. The summed E-state index contributed by atoms with van der Waals surface area (Å²) in [6.45, 7) is 0.907. The molecule has 0 bridgehead atoms. The average molecular weight is 458 g/mol. The maximum absolute atomic E-state index is 12.8. The number of nitrogens with one attached hydrogen (secondary N) is 1. The molecule has 0 atom stereocenters. The van der Waals surface area contributed by atoms with Crippen LogP contribution in [0, 0.1) is 0 Å². The van der Waals surface area contributed by atoms with Crippen LogP contribution in [0.1, 0.15) is 21.6 Å². The van der Waals surface area contributed by atoms with Crippen LogP contribution >= 0.6 is 11.6 Å². The van der Waals surface area contributed by atoms with Gasteiger partial charge >= 0.3 is 0 Å². The number of anilines is 1. The summed E-state index contributed by atoms with van der Waals surface area (Å²) in [5, 5.41) is 3.49. The second-order valence-corrected chi connectivity index (χ2v) is 7.90. The van der Waals surface area contributed by atoms with Crippen LogP contribution in [0.25, 0.3) is 16.9 Å². The van der Waals surface area contributed by atoms with E-state index in [1.165, 1.54) is 6.33 Å². The van der Waals surface area contributed by atoms with Gasteiger partial charge in [-0.1, -0.05) is 54.1 Å². The van der Waals surface area contributed by atoms with Crippen molar-refractivity contribution >= 4 is 34.5 Å². The molecule has 5 rings (SSSR count). The van der Waals surface area contributed by atoms with E-state index in [2.05, 4.69) is 20.3 Å². The standard InChI is InChI=1S/C24H20ClN7O/c25-20-11-10-19(31(20)13-17-4-2-1-3-5-17)24(33)27-12-16-6-8-18(9-7-16)32-15-30-21-22(26)28-14-29-23(21)32/h1-11,14-15H,12-13H2,(H,27,33)(H2,26,28,29). The minimum Gasteiger partial charge on any atom is -0.382 e. The molecular weight excluding hydrogens is 438 g/mol. The molecular formula is C24H20ClN7O. The van der Waals surface area contributed by atoms with Crippen LogP contribution in [-0.4, -0.2) is 30.0 Å². The molecule has 5 aromatic rings. The van der Waals surface area contributed by atoms with Crippen molar-refractivity contribution in [1.29, 1.82) is 0 Å². The van der Waals surface area contributed by atoms with Crippen LogP contribution in [0.4, 0.5) is 5.82 Å². The molecule has 3 aromatic heterocycles. The van der Waals surface area contributed by atoms with Gasteiger partial charge in [0, 0.05) is 18.8 Å². The molecule has 164 valence electrons. The third-order valence-corrected chi connectivity index (χ3v) is 5.70. The third kappa shape index (κ3) is 4.16. The first kappa shape index (κ1) is 20.7. The smallest absolute Gasteiger partial charge is 0.268 e. The number of nitrogens with zero attached hydrogens (tertiary/aromatic N) is 5. The highest BCUT2D eigenvalue weighted by atomic mass is 35.5. The van der Waals surface area contributed by atoms with E-state index in [1.807, 2.05) is 59.2 Å². The van der Waals surface area contributed by atoms with Crippen molar-refractivity contribution in [3.05, 3.63) is 101 Å². The van der Waals surface area contributed by atoms with Gasteiger partial charge in [-0.05, 0) is 35.4 Å². The molecule has 0 saturated heterocycles. The quantitative estimate of drug-likeness (QED) is 0.403. The van der Waals surface area contributed by atoms with Crippen molar-refractivity contribution in [1.82, 2.24) is 29.4 Å². The van der Waals surface area contributed by atoms with E-state index in [0.29, 0.717) is 40.9 Å². The maximum atomic E-state index is 12.8. The number of halogens is 1. The van der Waals surface area contributed by atoms with Crippen LogP contribution in [-0.2, 0) is 13.1 Å². The fourth-order valence-corrected chi connectivity index (χ4v) is 3.87. The maximum Gasteiger partial charge on any atom is 0.268 e. The molecule has 0 aliphatic heterocycles. The van der Waals surface area contributed by atoms with Crippen LogP contribution in [0.3, 0.4) is 0 Å². The SMILES string of the molecule is Nc1ncnc2c1ncn2-c1ccc(CNC(=O)c2ccc(Cl)n2Cc2ccccc2)cc1. The summed E-state index contributed by atoms with van der Waals surface area (Å²) in [5.74, 6) is 0.157. The van der Waals surface area contributed by atoms with Gasteiger partial charge in [-0.25, -0.2) is 15.0 Å². The fraction of sp³-hybridized carbons (Fsp3) is 0.0833. The molecule has 0 aliphatic carbocycles. The highest BCUT2D eigenvalue weighted by Gasteiger charge is 2.15. The Morgan fingerprint density at radius 1 is 0.939 bits per heavy atom. The summed E-state index contributed by atoms with van der Waals surface area (Å²) in [6, 6.07) is 21.1. The van der Waals surface area contributed by atoms with Crippen molar-refractivity contribution in [3.8, 4) is 5.69 Å². The van der Waals surface area contributed by atoms with E-state index < -0.39 is 0 Å². The molecule has 33 heavy (non-hydrogen) atoms. The van der Waals surface area contributed by atoms with Gasteiger partial charge in [-0.2, -0.15) is 0 Å². The first-order valence-corrected chi connectivity index (χ1v) is 10.7. The molecule has 0 unspecified atom stereocenters. The second kappa shape index (κ2) is 8.76. The van der Waals surface area contributed by atoms with E-state index >= 15 is 0 Å². The van der Waals surface area contributed by atoms with Crippen molar-refractivity contribution in [2.24, 2.45) is 0 Å². The molecule has 0 radical (unpaired) electrons. The molecule has 9 heteroatoms. The number of hydrogen-bond donors (Lipinski definition) is 2. The highest BCUT2D eigenvalue weighted by Crippen LogP contribution is 2.20. The molecule has 0 aliphatic rings. The lowest BCUT2D eigenvalue weighted by Gasteiger charge is -2.12. The number of fused-ring (bicyclic) bond motifs is 1. The number of imidazole rings is 1. The zero-order chi connectivity index (χ0) is 22.8. The van der Waals surface area contributed by atoms with E-state index in [1.54, 1.807) is 23.0 Å². The number of rotatable bonds is 6. The van der Waals surface area contributed by atoms with Gasteiger partial charge in [0.15, 0.2) is 17.0 Å². The molecule has 0 saturated carbocycles. The first-order valence-electron chi connectivity index (χ1n) is 10.3. The number of aromatic nitrogens is 5. The number of carbonyl (C=O) groups is 1. The minimum absolute atomic E-state index is 0.185. The molecule has 0 fully saturated rings. The normalized spacial score (nSPS) is 11.1. The summed E-state index contributed by atoms with van der Waals surface area (Å²) >= 11 is 6.33. The molecule has 2 aromatic carbocycles. The Hall–Kier alpha value is -4.17. The highest BCUT2D eigenvalue weighted by molar-refractivity contribution is 6.30. The predicted molar refractivity (Wildman–Crippen MR) is 127 cm³/mol. The summed E-state index contributed by atoms with van der Waals surface area (Å²) in [7, 11) is 0. The number of carbonyl (C=O) groups excluding carboxylic acids is 1. The summed E-state index contributed by atoms with van der Waals surface area (Å²) < 4.78 is 3.64. The third-order valence-electron chi connectivity index (χ3n) is 5.37. The van der Waals surface area contributed by atoms with Gasteiger partial charge in [0.25, 0.3) is 5.91 Å². The zero-order valence-electron chi connectivity index (χ0n) is 17.5. The Morgan fingerprint density at radius 2 is 1.73 bits per heavy atom. The molecule has 0 spiro atoms. The Kier molecular flexibility index (Phi) is 5.50.